The maximum absolute atomic E-state index is 15.1. The standard InChI is InChI=1S/C47H37F3N4/c1-45(2,3)29-19-21-33-31-13-8-10-17-38(31)53(42(33)24-29)40-26-35(44-36(47(48,49)50)15-12-16-37(44)52-7)41(23-28(40)27-51)54-39-18-11-9-14-32(39)34-22-20-30(25-43(34)54)46(4,5)6/h8-26H,1-6H3. The van der Waals surface area contributed by atoms with Crippen LogP contribution in [-0.4, -0.2) is 9.13 Å². The van der Waals surface area contributed by atoms with Crippen LogP contribution < -0.4 is 0 Å². The Kier molecular flexibility index (Phi) is 7.80. The van der Waals surface area contributed by atoms with Crippen molar-refractivity contribution in [2.24, 2.45) is 0 Å². The largest absolute Gasteiger partial charge is 0.415 e. The molecule has 0 fully saturated rings. The second-order valence-electron chi connectivity index (χ2n) is 16.0. The van der Waals surface area contributed by atoms with Gasteiger partial charge in [-0.05, 0) is 63.9 Å². The lowest BCUT2D eigenvalue weighted by Gasteiger charge is -2.23. The Labute approximate surface area is 312 Å². The van der Waals surface area contributed by atoms with Crippen molar-refractivity contribution < 1.29 is 13.2 Å². The monoisotopic (exact) mass is 714 g/mol. The van der Waals surface area contributed by atoms with Crippen LogP contribution in [-0.2, 0) is 17.0 Å². The molecule has 266 valence electrons. The molecule has 2 heterocycles. The normalized spacial score (nSPS) is 12.5. The molecule has 7 heteroatoms. The highest BCUT2D eigenvalue weighted by molar-refractivity contribution is 6.11. The quantitative estimate of drug-likeness (QED) is 0.168. The van der Waals surface area contributed by atoms with Gasteiger partial charge in [-0.25, -0.2) is 4.85 Å². The fourth-order valence-corrected chi connectivity index (χ4v) is 7.78. The summed E-state index contributed by atoms with van der Waals surface area (Å²) in [4.78, 5) is 3.66. The minimum Gasteiger partial charge on any atom is -0.309 e. The predicted octanol–water partition coefficient (Wildman–Crippen LogP) is 13.6. The number of aromatic nitrogens is 2. The van der Waals surface area contributed by atoms with Gasteiger partial charge in [0.05, 0.1) is 51.1 Å². The van der Waals surface area contributed by atoms with E-state index in [4.69, 9.17) is 6.57 Å². The smallest absolute Gasteiger partial charge is 0.309 e. The van der Waals surface area contributed by atoms with Crippen molar-refractivity contribution in [2.75, 3.05) is 0 Å². The number of para-hydroxylation sites is 2. The highest BCUT2D eigenvalue weighted by Crippen LogP contribution is 2.48. The summed E-state index contributed by atoms with van der Waals surface area (Å²) in [6.07, 6.45) is -4.77. The zero-order chi connectivity index (χ0) is 38.3. The lowest BCUT2D eigenvalue weighted by molar-refractivity contribution is -0.137. The van der Waals surface area contributed by atoms with Crippen LogP contribution in [0.4, 0.5) is 18.9 Å². The van der Waals surface area contributed by atoms with Gasteiger partial charge in [0.1, 0.15) is 6.07 Å². The molecule has 0 amide bonds. The van der Waals surface area contributed by atoms with Gasteiger partial charge in [0.2, 0.25) is 0 Å². The first-order chi connectivity index (χ1) is 25.6. The molecule has 2 aromatic heterocycles. The SMILES string of the molecule is [C-]#[N+]c1cccc(C(F)(F)F)c1-c1cc(-n2c3ccccc3c3ccc(C(C)(C)C)cc32)c(C#N)cc1-n1c2ccccc2c2ccc(C(C)(C)C)cc21. The topological polar surface area (TPSA) is 38.0 Å². The first-order valence-corrected chi connectivity index (χ1v) is 17.9. The molecule has 0 spiro atoms. The second kappa shape index (κ2) is 12.1. The molecular formula is C47H37F3N4. The fraction of sp³-hybridized carbons (Fsp3) is 0.191. The van der Waals surface area contributed by atoms with E-state index in [0.29, 0.717) is 11.4 Å². The summed E-state index contributed by atoms with van der Waals surface area (Å²) < 4.78 is 49.4. The van der Waals surface area contributed by atoms with Crippen molar-refractivity contribution >= 4 is 49.3 Å². The minimum atomic E-state index is -4.77. The number of fused-ring (bicyclic) bond motifs is 6. The fourth-order valence-electron chi connectivity index (χ4n) is 7.78. The summed E-state index contributed by atoms with van der Waals surface area (Å²) in [5, 5.41) is 14.8. The Morgan fingerprint density at radius 3 is 1.56 bits per heavy atom. The Balaban J connectivity index is 1.60. The molecule has 54 heavy (non-hydrogen) atoms. The van der Waals surface area contributed by atoms with Gasteiger partial charge in [-0.3, -0.25) is 0 Å². The van der Waals surface area contributed by atoms with E-state index < -0.39 is 11.7 Å². The molecule has 6 aromatic carbocycles. The lowest BCUT2D eigenvalue weighted by Crippen LogP contribution is -2.12. The van der Waals surface area contributed by atoms with Crippen molar-refractivity contribution in [1.29, 1.82) is 5.26 Å². The first kappa shape index (κ1) is 34.8. The Morgan fingerprint density at radius 1 is 0.574 bits per heavy atom. The number of benzene rings is 6. The van der Waals surface area contributed by atoms with Gasteiger partial charge >= 0.3 is 6.18 Å². The third-order valence-corrected chi connectivity index (χ3v) is 10.5. The van der Waals surface area contributed by atoms with Crippen LogP contribution in [0, 0.1) is 17.9 Å². The minimum absolute atomic E-state index is 0.130. The van der Waals surface area contributed by atoms with Gasteiger partial charge in [0.15, 0.2) is 5.69 Å². The third-order valence-electron chi connectivity index (χ3n) is 10.5. The predicted molar refractivity (Wildman–Crippen MR) is 214 cm³/mol. The molecule has 0 saturated carbocycles. The molecule has 0 aliphatic heterocycles. The molecule has 0 aliphatic rings. The van der Waals surface area contributed by atoms with E-state index in [2.05, 4.69) is 88.9 Å². The number of halogens is 3. The zero-order valence-electron chi connectivity index (χ0n) is 30.9. The van der Waals surface area contributed by atoms with Crippen molar-refractivity contribution in [2.45, 2.75) is 58.5 Å². The van der Waals surface area contributed by atoms with E-state index in [9.17, 15) is 5.26 Å². The van der Waals surface area contributed by atoms with E-state index in [1.807, 2.05) is 57.7 Å². The molecule has 0 aliphatic carbocycles. The maximum Gasteiger partial charge on any atom is 0.415 e. The molecule has 0 atom stereocenters. The van der Waals surface area contributed by atoms with E-state index in [0.717, 1.165) is 60.8 Å². The number of nitrogens with zero attached hydrogens (tertiary/aromatic N) is 4. The maximum atomic E-state index is 15.1. The average Bonchev–Trinajstić information content (AvgIpc) is 3.65. The summed E-state index contributed by atoms with van der Waals surface area (Å²) in [5.74, 6) is 0. The molecule has 0 N–H and O–H groups in total. The molecule has 0 saturated heterocycles. The zero-order valence-corrected chi connectivity index (χ0v) is 30.9. The molecule has 4 nitrogen and oxygen atoms in total. The molecule has 0 bridgehead atoms. The van der Waals surface area contributed by atoms with Crippen LogP contribution in [0.3, 0.4) is 0 Å². The summed E-state index contributed by atoms with van der Waals surface area (Å²) in [5.41, 5.74) is 4.95. The average molecular weight is 715 g/mol. The Bertz CT molecular complexity index is 2910. The van der Waals surface area contributed by atoms with Crippen LogP contribution in [0.15, 0.2) is 115 Å². The Hall–Kier alpha value is -6.31. The number of nitriles is 1. The van der Waals surface area contributed by atoms with Crippen LogP contribution in [0.2, 0.25) is 0 Å². The van der Waals surface area contributed by atoms with Gasteiger partial charge in [0, 0.05) is 27.1 Å². The summed E-state index contributed by atoms with van der Waals surface area (Å²) in [7, 11) is 0. The lowest BCUT2D eigenvalue weighted by atomic mass is 9.86. The number of alkyl halides is 3. The van der Waals surface area contributed by atoms with E-state index in [1.165, 1.54) is 12.1 Å². The second-order valence-corrected chi connectivity index (χ2v) is 16.0. The van der Waals surface area contributed by atoms with Gasteiger partial charge in [-0.15, -0.1) is 0 Å². The summed E-state index contributed by atoms with van der Waals surface area (Å²) in [6.45, 7) is 20.8. The van der Waals surface area contributed by atoms with Crippen molar-refractivity contribution in [3.63, 3.8) is 0 Å². The number of hydrogen-bond donors (Lipinski definition) is 0. The molecular weight excluding hydrogens is 678 g/mol. The van der Waals surface area contributed by atoms with E-state index >= 15 is 13.2 Å². The molecule has 8 rings (SSSR count). The number of hydrogen-bond acceptors (Lipinski definition) is 1. The number of rotatable bonds is 3. The Morgan fingerprint density at radius 2 is 1.07 bits per heavy atom. The first-order valence-electron chi connectivity index (χ1n) is 17.9. The van der Waals surface area contributed by atoms with Gasteiger partial charge in [-0.1, -0.05) is 120 Å². The van der Waals surface area contributed by atoms with Crippen molar-refractivity contribution in [3.05, 3.63) is 149 Å². The highest BCUT2D eigenvalue weighted by atomic mass is 19.4. The summed E-state index contributed by atoms with van der Waals surface area (Å²) >= 11 is 0. The molecule has 0 radical (unpaired) electrons. The van der Waals surface area contributed by atoms with Gasteiger partial charge in [-0.2, -0.15) is 18.4 Å². The molecule has 8 aromatic rings. The van der Waals surface area contributed by atoms with E-state index in [-0.39, 0.29) is 33.2 Å². The highest BCUT2D eigenvalue weighted by Gasteiger charge is 2.36. The van der Waals surface area contributed by atoms with E-state index in [1.54, 1.807) is 12.1 Å². The third kappa shape index (κ3) is 5.43. The van der Waals surface area contributed by atoms with Crippen LogP contribution in [0.1, 0.15) is 63.8 Å². The van der Waals surface area contributed by atoms with Crippen molar-refractivity contribution in [3.8, 4) is 28.6 Å². The van der Waals surface area contributed by atoms with Gasteiger partial charge in [0.25, 0.3) is 0 Å². The van der Waals surface area contributed by atoms with Crippen LogP contribution >= 0.6 is 0 Å². The van der Waals surface area contributed by atoms with Crippen molar-refractivity contribution in [1.82, 2.24) is 9.13 Å². The van der Waals surface area contributed by atoms with Crippen LogP contribution in [0.5, 0.6) is 0 Å². The summed E-state index contributed by atoms with van der Waals surface area (Å²) in [6, 6.07) is 37.8. The molecule has 0 unspecified atom stereocenters. The van der Waals surface area contributed by atoms with Crippen LogP contribution in [0.25, 0.3) is 71.0 Å². The van der Waals surface area contributed by atoms with Gasteiger partial charge < -0.3 is 9.13 Å².